The summed E-state index contributed by atoms with van der Waals surface area (Å²) < 4.78 is 53.9. The van der Waals surface area contributed by atoms with E-state index in [4.69, 9.17) is 0 Å². The molecule has 1 N–H and O–H groups in total. The van der Waals surface area contributed by atoms with Gasteiger partial charge >= 0.3 is 6.18 Å². The number of hydrogen-bond donors (Lipinski definition) is 1. The summed E-state index contributed by atoms with van der Waals surface area (Å²) in [5.41, 5.74) is -0.336. The lowest BCUT2D eigenvalue weighted by molar-refractivity contribution is -0.188. The zero-order chi connectivity index (χ0) is 14.0. The zero-order valence-electron chi connectivity index (χ0n) is 10.4. The number of nitrogens with zero attached hydrogens (tertiary/aromatic N) is 1. The van der Waals surface area contributed by atoms with E-state index in [0.29, 0.717) is 13.1 Å². The third-order valence-electron chi connectivity index (χ3n) is 3.10. The molecule has 0 aromatic heterocycles. The maximum absolute atomic E-state index is 13.8. The molecule has 2 nitrogen and oxygen atoms in total. The lowest BCUT2D eigenvalue weighted by Gasteiger charge is -2.36. The fourth-order valence-corrected chi connectivity index (χ4v) is 2.82. The monoisotopic (exact) mass is 376 g/mol. The molecule has 2 rings (SSSR count). The molecule has 1 aromatic carbocycles. The van der Waals surface area contributed by atoms with Gasteiger partial charge in [-0.05, 0) is 12.1 Å². The van der Waals surface area contributed by atoms with Gasteiger partial charge in [-0.15, -0.1) is 12.4 Å². The molecule has 1 saturated heterocycles. The van der Waals surface area contributed by atoms with Crippen molar-refractivity contribution in [1.29, 1.82) is 0 Å². The Hall–Kier alpha value is -0.370. The van der Waals surface area contributed by atoms with Gasteiger partial charge in [-0.3, -0.25) is 4.90 Å². The van der Waals surface area contributed by atoms with Gasteiger partial charge in [0.1, 0.15) is 11.9 Å². The highest BCUT2D eigenvalue weighted by atomic mass is 79.9. The third kappa shape index (κ3) is 3.84. The summed E-state index contributed by atoms with van der Waals surface area (Å²) in [6.45, 7) is 1.42. The van der Waals surface area contributed by atoms with Crippen molar-refractivity contribution in [2.24, 2.45) is 0 Å². The Morgan fingerprint density at radius 1 is 1.20 bits per heavy atom. The zero-order valence-corrected chi connectivity index (χ0v) is 12.8. The third-order valence-corrected chi connectivity index (χ3v) is 3.79. The second-order valence-corrected chi connectivity index (χ2v) is 5.22. The van der Waals surface area contributed by atoms with Crippen LogP contribution in [0.15, 0.2) is 22.7 Å². The molecule has 1 aliphatic heterocycles. The fourth-order valence-electron chi connectivity index (χ4n) is 2.27. The van der Waals surface area contributed by atoms with Crippen LogP contribution in [0, 0.1) is 5.82 Å². The Bertz CT molecular complexity index is 429. The number of piperazine rings is 1. The largest absolute Gasteiger partial charge is 0.408 e. The van der Waals surface area contributed by atoms with Crippen LogP contribution in [0.25, 0.3) is 0 Å². The van der Waals surface area contributed by atoms with E-state index in [-0.39, 0.29) is 35.5 Å². The Morgan fingerprint density at radius 2 is 1.80 bits per heavy atom. The first kappa shape index (κ1) is 17.7. The average Bonchev–Trinajstić information content (AvgIpc) is 2.33. The van der Waals surface area contributed by atoms with Gasteiger partial charge in [0.05, 0.1) is 0 Å². The molecular formula is C12H14BrClF4N2. The van der Waals surface area contributed by atoms with Crippen molar-refractivity contribution in [1.82, 2.24) is 10.2 Å². The van der Waals surface area contributed by atoms with Crippen molar-refractivity contribution in [3.8, 4) is 0 Å². The molecule has 20 heavy (non-hydrogen) atoms. The van der Waals surface area contributed by atoms with Crippen LogP contribution in [0.5, 0.6) is 0 Å². The summed E-state index contributed by atoms with van der Waals surface area (Å²) in [6, 6.07) is 1.96. The number of halogens is 6. The van der Waals surface area contributed by atoms with Gasteiger partial charge in [-0.25, -0.2) is 4.39 Å². The molecule has 1 fully saturated rings. The minimum Gasteiger partial charge on any atom is -0.314 e. The smallest absolute Gasteiger partial charge is 0.314 e. The molecule has 114 valence electrons. The summed E-state index contributed by atoms with van der Waals surface area (Å²) in [5.74, 6) is -0.838. The van der Waals surface area contributed by atoms with E-state index >= 15 is 0 Å². The molecule has 0 amide bonds. The van der Waals surface area contributed by atoms with Gasteiger partial charge in [-0.1, -0.05) is 22.0 Å². The summed E-state index contributed by atoms with van der Waals surface area (Å²) in [6.07, 6.45) is -4.51. The maximum Gasteiger partial charge on any atom is 0.408 e. The number of hydrogen-bond acceptors (Lipinski definition) is 2. The lowest BCUT2D eigenvalue weighted by Crippen LogP contribution is -2.49. The summed E-state index contributed by atoms with van der Waals surface area (Å²) >= 11 is 3.02. The first-order valence-electron chi connectivity index (χ1n) is 5.86. The van der Waals surface area contributed by atoms with Crippen molar-refractivity contribution in [2.45, 2.75) is 12.2 Å². The number of alkyl halides is 3. The van der Waals surface area contributed by atoms with Crippen molar-refractivity contribution >= 4 is 28.3 Å². The lowest BCUT2D eigenvalue weighted by atomic mass is 10.0. The van der Waals surface area contributed by atoms with Gasteiger partial charge < -0.3 is 5.32 Å². The van der Waals surface area contributed by atoms with E-state index in [9.17, 15) is 17.6 Å². The van der Waals surface area contributed by atoms with Gasteiger partial charge in [0, 0.05) is 36.2 Å². The van der Waals surface area contributed by atoms with Crippen LogP contribution in [-0.2, 0) is 0 Å². The van der Waals surface area contributed by atoms with E-state index in [1.54, 1.807) is 0 Å². The van der Waals surface area contributed by atoms with Gasteiger partial charge in [0.15, 0.2) is 0 Å². The molecule has 0 spiro atoms. The van der Waals surface area contributed by atoms with Crippen molar-refractivity contribution in [2.75, 3.05) is 26.2 Å². The molecule has 0 saturated carbocycles. The molecule has 8 heteroatoms. The summed E-state index contributed by atoms with van der Waals surface area (Å²) in [4.78, 5) is 1.26. The predicted octanol–water partition coefficient (Wildman–Crippen LogP) is 3.52. The Morgan fingerprint density at radius 3 is 2.30 bits per heavy atom. The minimum absolute atomic E-state index is 0. The normalized spacial score (nSPS) is 18.4. The summed E-state index contributed by atoms with van der Waals surface area (Å²) in [7, 11) is 0. The highest BCUT2D eigenvalue weighted by Gasteiger charge is 2.46. The molecule has 0 unspecified atom stereocenters. The van der Waals surface area contributed by atoms with Gasteiger partial charge in [0.2, 0.25) is 0 Å². The standard InChI is InChI=1S/C12H13BrF4N2.ClH/c13-8-2-1-3-9(14)10(8)11(12(15,16)17)19-6-4-18-5-7-19;/h1-3,11,18H,4-7H2;1H/t11-;/m1./s1. The van der Waals surface area contributed by atoms with Crippen LogP contribution < -0.4 is 5.32 Å². The average molecular weight is 378 g/mol. The van der Waals surface area contributed by atoms with E-state index in [2.05, 4.69) is 21.2 Å². The van der Waals surface area contributed by atoms with Crippen LogP contribution >= 0.6 is 28.3 Å². The number of nitrogens with one attached hydrogen (secondary N) is 1. The quantitative estimate of drug-likeness (QED) is 0.794. The van der Waals surface area contributed by atoms with Crippen LogP contribution in [0.1, 0.15) is 11.6 Å². The topological polar surface area (TPSA) is 15.3 Å². The SMILES string of the molecule is Cl.Fc1cccc(Br)c1[C@@H](N1CCNCC1)C(F)(F)F. The molecule has 1 aromatic rings. The summed E-state index contributed by atoms with van der Waals surface area (Å²) in [5, 5.41) is 2.99. The molecule has 0 aliphatic carbocycles. The molecule has 1 aliphatic rings. The van der Waals surface area contributed by atoms with Crippen molar-refractivity contribution in [3.63, 3.8) is 0 Å². The van der Waals surface area contributed by atoms with Crippen LogP contribution in [0.3, 0.4) is 0 Å². The highest BCUT2D eigenvalue weighted by molar-refractivity contribution is 9.10. The highest BCUT2D eigenvalue weighted by Crippen LogP contribution is 2.41. The first-order chi connectivity index (χ1) is 8.91. The Kier molecular flexibility index (Phi) is 6.25. The van der Waals surface area contributed by atoms with Gasteiger partial charge in [0.25, 0.3) is 0 Å². The predicted molar refractivity (Wildman–Crippen MR) is 74.6 cm³/mol. The second kappa shape index (κ2) is 7.06. The van der Waals surface area contributed by atoms with E-state index in [1.807, 2.05) is 0 Å². The Balaban J connectivity index is 0.00000200. The molecular weight excluding hydrogens is 363 g/mol. The maximum atomic E-state index is 13.8. The molecule has 1 atom stereocenters. The number of benzene rings is 1. The fraction of sp³-hybridized carbons (Fsp3) is 0.500. The Labute approximate surface area is 129 Å². The first-order valence-corrected chi connectivity index (χ1v) is 6.66. The molecule has 0 radical (unpaired) electrons. The second-order valence-electron chi connectivity index (χ2n) is 4.37. The van der Waals surface area contributed by atoms with Crippen LogP contribution in [0.2, 0.25) is 0 Å². The van der Waals surface area contributed by atoms with Crippen molar-refractivity contribution in [3.05, 3.63) is 34.1 Å². The van der Waals surface area contributed by atoms with E-state index < -0.39 is 18.0 Å². The van der Waals surface area contributed by atoms with Gasteiger partial charge in [-0.2, -0.15) is 13.2 Å². The van der Waals surface area contributed by atoms with E-state index in [1.165, 1.54) is 17.0 Å². The molecule has 0 bridgehead atoms. The molecule has 1 heterocycles. The van der Waals surface area contributed by atoms with Crippen LogP contribution in [0.4, 0.5) is 17.6 Å². The minimum atomic E-state index is -4.51. The van der Waals surface area contributed by atoms with E-state index in [0.717, 1.165) is 6.07 Å². The number of rotatable bonds is 2. The van der Waals surface area contributed by atoms with Crippen molar-refractivity contribution < 1.29 is 17.6 Å². The van der Waals surface area contributed by atoms with Crippen LogP contribution in [-0.4, -0.2) is 37.3 Å².